The molecule has 1 heterocycles. The molecule has 2 N–H and O–H groups in total. The van der Waals surface area contributed by atoms with E-state index in [0.717, 1.165) is 34.8 Å². The molecule has 0 saturated carbocycles. The lowest BCUT2D eigenvalue weighted by Gasteiger charge is -2.12. The van der Waals surface area contributed by atoms with Crippen molar-refractivity contribution in [1.82, 2.24) is 4.98 Å². The van der Waals surface area contributed by atoms with E-state index >= 15 is 0 Å². The molecule has 3 rings (SSSR count). The minimum Gasteiger partial charge on any atom is -0.487 e. The molecule has 0 aliphatic rings. The number of hydrogen-bond acceptors (Lipinski definition) is 4. The number of nitrogens with zero attached hydrogens (tertiary/aromatic N) is 1. The van der Waals surface area contributed by atoms with Gasteiger partial charge in [0.05, 0.1) is 0 Å². The molecule has 0 spiro atoms. The first-order chi connectivity index (χ1) is 12.0. The normalized spacial score (nSPS) is 12.2. The Bertz CT molecular complexity index is 841. The molecule has 4 nitrogen and oxygen atoms in total. The molecular weight excluding hydrogens is 336 g/mol. The molecule has 0 radical (unpaired) electrons. The molecule has 1 unspecified atom stereocenters. The number of oxazole rings is 1. The first-order valence-electron chi connectivity index (χ1n) is 8.21. The maximum absolute atomic E-state index is 5.97. The summed E-state index contributed by atoms with van der Waals surface area (Å²) in [5.74, 6) is 2.14. The first-order valence-corrected chi connectivity index (χ1v) is 8.59. The predicted molar refractivity (Wildman–Crippen MR) is 99.8 cm³/mol. The quantitative estimate of drug-likeness (QED) is 0.690. The van der Waals surface area contributed by atoms with Gasteiger partial charge in [0.15, 0.2) is 0 Å². The lowest BCUT2D eigenvalue weighted by atomic mass is 10.1. The number of benzene rings is 2. The van der Waals surface area contributed by atoms with Gasteiger partial charge >= 0.3 is 0 Å². The largest absolute Gasteiger partial charge is 0.487 e. The number of ether oxygens (including phenoxy) is 1. The summed E-state index contributed by atoms with van der Waals surface area (Å²) in [5, 5.41) is 0.682. The molecule has 3 aromatic rings. The van der Waals surface area contributed by atoms with Gasteiger partial charge in [-0.25, -0.2) is 4.98 Å². The second kappa shape index (κ2) is 7.72. The summed E-state index contributed by atoms with van der Waals surface area (Å²) in [5.41, 5.74) is 8.67. The lowest BCUT2D eigenvalue weighted by Crippen LogP contribution is -2.18. The summed E-state index contributed by atoms with van der Waals surface area (Å²) in [6.45, 7) is 4.22. The van der Waals surface area contributed by atoms with Crippen LogP contribution in [0.1, 0.15) is 23.9 Å². The zero-order chi connectivity index (χ0) is 17.8. The maximum atomic E-state index is 5.97. The van der Waals surface area contributed by atoms with Crippen LogP contribution in [0.25, 0.3) is 11.5 Å². The van der Waals surface area contributed by atoms with Crippen molar-refractivity contribution in [2.45, 2.75) is 32.9 Å². The number of hydrogen-bond donors (Lipinski definition) is 1. The van der Waals surface area contributed by atoms with Crippen molar-refractivity contribution in [1.29, 1.82) is 0 Å². The van der Waals surface area contributed by atoms with Crippen LogP contribution in [-0.4, -0.2) is 11.0 Å². The number of nitrogens with two attached hydrogens (primary N) is 1. The number of para-hydroxylation sites is 1. The van der Waals surface area contributed by atoms with Crippen molar-refractivity contribution in [2.75, 3.05) is 0 Å². The van der Waals surface area contributed by atoms with Crippen LogP contribution in [0.4, 0.5) is 0 Å². The van der Waals surface area contributed by atoms with Gasteiger partial charge in [0, 0.05) is 16.6 Å². The first kappa shape index (κ1) is 17.5. The Balaban J connectivity index is 1.75. The third-order valence-corrected chi connectivity index (χ3v) is 4.11. The second-order valence-corrected chi connectivity index (χ2v) is 6.54. The van der Waals surface area contributed by atoms with Gasteiger partial charge in [-0.3, -0.25) is 0 Å². The average Bonchev–Trinajstić information content (AvgIpc) is 2.95. The van der Waals surface area contributed by atoms with E-state index in [2.05, 4.69) is 4.98 Å². The highest BCUT2D eigenvalue weighted by Crippen LogP contribution is 2.25. The van der Waals surface area contributed by atoms with Crippen LogP contribution in [0, 0.1) is 6.92 Å². The zero-order valence-corrected chi connectivity index (χ0v) is 15.1. The maximum Gasteiger partial charge on any atom is 0.226 e. The third kappa shape index (κ3) is 4.41. The summed E-state index contributed by atoms with van der Waals surface area (Å²) in [6.07, 6.45) is 0.768. The van der Waals surface area contributed by atoms with E-state index in [9.17, 15) is 0 Å². The predicted octanol–water partition coefficient (Wildman–Crippen LogP) is 4.77. The summed E-state index contributed by atoms with van der Waals surface area (Å²) < 4.78 is 11.7. The van der Waals surface area contributed by atoms with E-state index in [0.29, 0.717) is 17.5 Å². The highest BCUT2D eigenvalue weighted by molar-refractivity contribution is 6.30. The Morgan fingerprint density at radius 1 is 1.16 bits per heavy atom. The van der Waals surface area contributed by atoms with Crippen molar-refractivity contribution in [3.63, 3.8) is 0 Å². The van der Waals surface area contributed by atoms with Crippen LogP contribution >= 0.6 is 11.6 Å². The van der Waals surface area contributed by atoms with Gasteiger partial charge in [-0.05, 0) is 56.2 Å². The average molecular weight is 357 g/mol. The SMILES string of the molecule is Cc1oc(-c2ccc(Cl)cc2)nc1COc1ccccc1CC(C)N. The Morgan fingerprint density at radius 2 is 1.88 bits per heavy atom. The van der Waals surface area contributed by atoms with E-state index in [-0.39, 0.29) is 6.04 Å². The van der Waals surface area contributed by atoms with Gasteiger partial charge in [0.25, 0.3) is 0 Å². The summed E-state index contributed by atoms with van der Waals surface area (Å²) in [7, 11) is 0. The molecule has 0 bridgehead atoms. The molecule has 0 fully saturated rings. The Kier molecular flexibility index (Phi) is 5.41. The molecular formula is C20H21ClN2O2. The van der Waals surface area contributed by atoms with E-state index in [1.165, 1.54) is 0 Å². The van der Waals surface area contributed by atoms with Crippen molar-refractivity contribution in [3.8, 4) is 17.2 Å². The van der Waals surface area contributed by atoms with E-state index in [4.69, 9.17) is 26.5 Å². The van der Waals surface area contributed by atoms with Gasteiger partial charge in [0.2, 0.25) is 5.89 Å². The molecule has 0 aliphatic carbocycles. The Hall–Kier alpha value is -2.30. The smallest absolute Gasteiger partial charge is 0.226 e. The number of rotatable bonds is 6. The van der Waals surface area contributed by atoms with E-state index < -0.39 is 0 Å². The van der Waals surface area contributed by atoms with Crippen LogP contribution < -0.4 is 10.5 Å². The fraction of sp³-hybridized carbons (Fsp3) is 0.250. The molecule has 0 saturated heterocycles. The minimum absolute atomic E-state index is 0.0787. The molecule has 5 heteroatoms. The third-order valence-electron chi connectivity index (χ3n) is 3.86. The van der Waals surface area contributed by atoms with Gasteiger partial charge < -0.3 is 14.9 Å². The summed E-state index contributed by atoms with van der Waals surface area (Å²) in [6, 6.07) is 15.4. The standard InChI is InChI=1S/C20H21ClN2O2/c1-13(22)11-16-5-3-4-6-19(16)24-12-18-14(2)25-20(23-18)15-7-9-17(21)10-8-15/h3-10,13H,11-12,22H2,1-2H3. The molecule has 130 valence electrons. The van der Waals surface area contributed by atoms with Crippen LogP contribution in [0.5, 0.6) is 5.75 Å². The van der Waals surface area contributed by atoms with Gasteiger partial charge in [-0.2, -0.15) is 0 Å². The fourth-order valence-electron chi connectivity index (χ4n) is 2.58. The topological polar surface area (TPSA) is 61.3 Å². The lowest BCUT2D eigenvalue weighted by molar-refractivity contribution is 0.296. The van der Waals surface area contributed by atoms with Crippen molar-refractivity contribution in [2.24, 2.45) is 5.73 Å². The summed E-state index contributed by atoms with van der Waals surface area (Å²) >= 11 is 5.92. The van der Waals surface area contributed by atoms with Crippen LogP contribution in [0.15, 0.2) is 52.9 Å². The highest BCUT2D eigenvalue weighted by Gasteiger charge is 2.13. The van der Waals surface area contributed by atoms with E-state index in [1.54, 1.807) is 0 Å². The highest BCUT2D eigenvalue weighted by atomic mass is 35.5. The summed E-state index contributed by atoms with van der Waals surface area (Å²) in [4.78, 5) is 4.56. The molecule has 25 heavy (non-hydrogen) atoms. The van der Waals surface area contributed by atoms with Crippen molar-refractivity contribution >= 4 is 11.6 Å². The van der Waals surface area contributed by atoms with Crippen LogP contribution in [-0.2, 0) is 13.0 Å². The van der Waals surface area contributed by atoms with Crippen LogP contribution in [0.3, 0.4) is 0 Å². The molecule has 2 aromatic carbocycles. The monoisotopic (exact) mass is 356 g/mol. The number of aromatic nitrogens is 1. The zero-order valence-electron chi connectivity index (χ0n) is 14.3. The fourth-order valence-corrected chi connectivity index (χ4v) is 2.71. The van der Waals surface area contributed by atoms with Crippen LogP contribution in [0.2, 0.25) is 5.02 Å². The van der Waals surface area contributed by atoms with Gasteiger partial charge in [-0.1, -0.05) is 29.8 Å². The molecule has 0 aliphatic heterocycles. The number of halogens is 1. The van der Waals surface area contributed by atoms with E-state index in [1.807, 2.05) is 62.4 Å². The van der Waals surface area contributed by atoms with Gasteiger partial charge in [-0.15, -0.1) is 0 Å². The van der Waals surface area contributed by atoms with Crippen molar-refractivity contribution < 1.29 is 9.15 Å². The molecule has 1 aromatic heterocycles. The molecule has 0 amide bonds. The van der Waals surface area contributed by atoms with Gasteiger partial charge in [0.1, 0.15) is 23.8 Å². The number of aryl methyl sites for hydroxylation is 1. The Morgan fingerprint density at radius 3 is 2.60 bits per heavy atom. The minimum atomic E-state index is 0.0787. The molecule has 1 atom stereocenters. The second-order valence-electron chi connectivity index (χ2n) is 6.11. The Labute approximate surface area is 152 Å². The van der Waals surface area contributed by atoms with Crippen molar-refractivity contribution in [3.05, 3.63) is 70.6 Å².